The maximum atomic E-state index is 13.6. The van der Waals surface area contributed by atoms with Gasteiger partial charge in [0.1, 0.15) is 18.2 Å². The summed E-state index contributed by atoms with van der Waals surface area (Å²) in [5.41, 5.74) is 2.04. The Morgan fingerprint density at radius 3 is 2.73 bits per heavy atom. The van der Waals surface area contributed by atoms with E-state index in [0.717, 1.165) is 5.56 Å². The van der Waals surface area contributed by atoms with Crippen molar-refractivity contribution in [3.8, 4) is 5.75 Å². The summed E-state index contributed by atoms with van der Waals surface area (Å²) in [6.45, 7) is -0.0118. The van der Waals surface area contributed by atoms with Gasteiger partial charge in [-0.1, -0.05) is 24.3 Å². The summed E-state index contributed by atoms with van der Waals surface area (Å²) < 4.78 is 24.3. The van der Waals surface area contributed by atoms with Crippen LogP contribution in [0.15, 0.2) is 59.8 Å². The van der Waals surface area contributed by atoms with Crippen LogP contribution in [0.4, 0.5) is 10.1 Å². The van der Waals surface area contributed by atoms with Crippen molar-refractivity contribution in [3.63, 3.8) is 0 Å². The van der Waals surface area contributed by atoms with E-state index in [2.05, 4.69) is 0 Å². The molecule has 0 saturated heterocycles. The largest absolute Gasteiger partial charge is 0.496 e. The normalized spacial score (nSPS) is 19.5. The van der Waals surface area contributed by atoms with Gasteiger partial charge in [0.2, 0.25) is 5.91 Å². The molecule has 1 amide bonds. The van der Waals surface area contributed by atoms with Crippen LogP contribution in [0, 0.1) is 5.82 Å². The maximum Gasteiger partial charge on any atom is 0.336 e. The number of nitrogens with zero attached hydrogens (tertiary/aromatic N) is 1. The van der Waals surface area contributed by atoms with Crippen LogP contribution in [0.25, 0.3) is 0 Å². The van der Waals surface area contributed by atoms with Gasteiger partial charge in [-0.3, -0.25) is 9.69 Å². The number of amides is 1. The molecule has 2 aliphatic heterocycles. The van der Waals surface area contributed by atoms with Gasteiger partial charge in [-0.15, -0.1) is 0 Å². The third-order valence-electron chi connectivity index (χ3n) is 4.70. The number of carbonyl (C=O) groups excluding carboxylic acids is 2. The van der Waals surface area contributed by atoms with E-state index in [-0.39, 0.29) is 18.9 Å². The number of esters is 1. The third-order valence-corrected chi connectivity index (χ3v) is 4.70. The SMILES string of the molecule is COc1ccccc1[C@H]1CC(=O)N(c2cccc(F)c2)C2=C1C(=O)OC2. The van der Waals surface area contributed by atoms with Crippen LogP contribution in [-0.4, -0.2) is 25.6 Å². The molecule has 0 bridgehead atoms. The van der Waals surface area contributed by atoms with Crippen LogP contribution >= 0.6 is 0 Å². The van der Waals surface area contributed by atoms with Gasteiger partial charge in [0, 0.05) is 17.9 Å². The molecule has 0 aromatic heterocycles. The van der Waals surface area contributed by atoms with Crippen molar-refractivity contribution >= 4 is 17.6 Å². The summed E-state index contributed by atoms with van der Waals surface area (Å²) in [5.74, 6) is -0.965. The molecule has 0 spiro atoms. The number of rotatable bonds is 3. The molecular weight excluding hydrogens is 337 g/mol. The number of hydrogen-bond acceptors (Lipinski definition) is 4. The van der Waals surface area contributed by atoms with Gasteiger partial charge in [-0.05, 0) is 24.3 Å². The molecule has 5 nitrogen and oxygen atoms in total. The Hall–Kier alpha value is -3.15. The number of hydrogen-bond donors (Lipinski definition) is 0. The number of methoxy groups -OCH3 is 1. The van der Waals surface area contributed by atoms with Crippen molar-refractivity contribution in [3.05, 3.63) is 71.2 Å². The van der Waals surface area contributed by atoms with E-state index in [9.17, 15) is 14.0 Å². The minimum Gasteiger partial charge on any atom is -0.496 e. The second-order valence-electron chi connectivity index (χ2n) is 6.14. The van der Waals surface area contributed by atoms with Crippen LogP contribution in [0.5, 0.6) is 5.75 Å². The standard InChI is InChI=1S/C20H16FNO4/c1-25-17-8-3-2-7-14(17)15-10-18(23)22(13-6-4-5-12(21)9-13)16-11-26-20(24)19(15)16/h2-9,15H,10-11H2,1H3/t15-/m1/s1. The number of carbonyl (C=O) groups is 2. The number of ether oxygens (including phenoxy) is 2. The van der Waals surface area contributed by atoms with Crippen LogP contribution in [0.1, 0.15) is 17.9 Å². The monoisotopic (exact) mass is 353 g/mol. The second-order valence-corrected chi connectivity index (χ2v) is 6.14. The molecule has 2 heterocycles. The van der Waals surface area contributed by atoms with Crippen molar-refractivity contribution in [1.82, 2.24) is 0 Å². The van der Waals surface area contributed by atoms with Gasteiger partial charge in [-0.2, -0.15) is 0 Å². The smallest absolute Gasteiger partial charge is 0.336 e. The van der Waals surface area contributed by atoms with E-state index in [1.54, 1.807) is 19.2 Å². The zero-order valence-electron chi connectivity index (χ0n) is 14.1. The van der Waals surface area contributed by atoms with E-state index in [0.29, 0.717) is 22.7 Å². The molecule has 132 valence electrons. The molecule has 0 radical (unpaired) electrons. The van der Waals surface area contributed by atoms with Gasteiger partial charge < -0.3 is 9.47 Å². The number of para-hydroxylation sites is 1. The van der Waals surface area contributed by atoms with E-state index >= 15 is 0 Å². The lowest BCUT2D eigenvalue weighted by atomic mass is 9.83. The zero-order valence-corrected chi connectivity index (χ0v) is 14.1. The highest BCUT2D eigenvalue weighted by Gasteiger charge is 2.43. The van der Waals surface area contributed by atoms with Crippen LogP contribution in [0.3, 0.4) is 0 Å². The summed E-state index contributed by atoms with van der Waals surface area (Å²) in [6, 6.07) is 13.0. The quantitative estimate of drug-likeness (QED) is 0.796. The van der Waals surface area contributed by atoms with Crippen LogP contribution in [-0.2, 0) is 14.3 Å². The molecular formula is C20H16FNO4. The predicted octanol–water partition coefficient (Wildman–Crippen LogP) is 3.17. The lowest BCUT2D eigenvalue weighted by Gasteiger charge is -2.32. The summed E-state index contributed by atoms with van der Waals surface area (Å²) in [4.78, 5) is 26.7. The number of anilines is 1. The second kappa shape index (κ2) is 6.29. The topological polar surface area (TPSA) is 55.8 Å². The molecule has 0 aliphatic carbocycles. The fraction of sp³-hybridized carbons (Fsp3) is 0.200. The lowest BCUT2D eigenvalue weighted by molar-refractivity contribution is -0.136. The first kappa shape index (κ1) is 16.3. The Morgan fingerprint density at radius 1 is 1.15 bits per heavy atom. The van der Waals surface area contributed by atoms with Gasteiger partial charge in [0.25, 0.3) is 0 Å². The minimum atomic E-state index is -0.454. The Labute approximate surface area is 149 Å². The molecule has 1 atom stereocenters. The van der Waals surface area contributed by atoms with Gasteiger partial charge >= 0.3 is 5.97 Å². The molecule has 4 rings (SSSR count). The zero-order chi connectivity index (χ0) is 18.3. The van der Waals surface area contributed by atoms with Crippen molar-refractivity contribution in [2.45, 2.75) is 12.3 Å². The van der Waals surface area contributed by atoms with Crippen molar-refractivity contribution in [2.24, 2.45) is 0 Å². The Morgan fingerprint density at radius 2 is 1.96 bits per heavy atom. The Balaban J connectivity index is 1.86. The molecule has 2 aromatic carbocycles. The fourth-order valence-corrected chi connectivity index (χ4v) is 3.59. The van der Waals surface area contributed by atoms with E-state index < -0.39 is 17.7 Å². The highest BCUT2D eigenvalue weighted by molar-refractivity contribution is 6.06. The Bertz CT molecular complexity index is 937. The minimum absolute atomic E-state index is 0.0118. The first-order valence-corrected chi connectivity index (χ1v) is 8.21. The number of benzene rings is 2. The molecule has 2 aromatic rings. The molecule has 0 unspecified atom stereocenters. The maximum absolute atomic E-state index is 13.6. The van der Waals surface area contributed by atoms with Gasteiger partial charge in [-0.25, -0.2) is 9.18 Å². The van der Waals surface area contributed by atoms with Crippen molar-refractivity contribution in [2.75, 3.05) is 18.6 Å². The fourth-order valence-electron chi connectivity index (χ4n) is 3.59. The molecule has 2 aliphatic rings. The predicted molar refractivity (Wildman–Crippen MR) is 92.2 cm³/mol. The molecule has 6 heteroatoms. The van der Waals surface area contributed by atoms with Gasteiger partial charge in [0.05, 0.1) is 24.1 Å². The van der Waals surface area contributed by atoms with Crippen LogP contribution in [0.2, 0.25) is 0 Å². The average Bonchev–Trinajstić information content (AvgIpc) is 3.02. The van der Waals surface area contributed by atoms with Gasteiger partial charge in [0.15, 0.2) is 0 Å². The van der Waals surface area contributed by atoms with Crippen molar-refractivity contribution < 1.29 is 23.5 Å². The summed E-state index contributed by atoms with van der Waals surface area (Å²) >= 11 is 0. The summed E-state index contributed by atoms with van der Waals surface area (Å²) in [7, 11) is 1.55. The Kier molecular flexibility index (Phi) is 3.95. The molecule has 26 heavy (non-hydrogen) atoms. The first-order chi connectivity index (χ1) is 12.6. The molecule has 0 N–H and O–H groups in total. The van der Waals surface area contributed by atoms with E-state index in [1.165, 1.54) is 23.1 Å². The average molecular weight is 353 g/mol. The highest BCUT2D eigenvalue weighted by Crippen LogP contribution is 2.44. The van der Waals surface area contributed by atoms with Crippen molar-refractivity contribution in [1.29, 1.82) is 0 Å². The third kappa shape index (κ3) is 2.54. The number of halogens is 1. The molecule has 0 fully saturated rings. The van der Waals surface area contributed by atoms with E-state index in [4.69, 9.17) is 9.47 Å². The van der Waals surface area contributed by atoms with E-state index in [1.807, 2.05) is 18.2 Å². The first-order valence-electron chi connectivity index (χ1n) is 8.21. The number of cyclic esters (lactones) is 1. The summed E-state index contributed by atoms with van der Waals surface area (Å²) in [5, 5.41) is 0. The highest BCUT2D eigenvalue weighted by atomic mass is 19.1. The lowest BCUT2D eigenvalue weighted by Crippen LogP contribution is -2.37. The summed E-state index contributed by atoms with van der Waals surface area (Å²) in [6.07, 6.45) is 0.0742. The van der Waals surface area contributed by atoms with Crippen LogP contribution < -0.4 is 9.64 Å². The molecule has 0 saturated carbocycles.